The van der Waals surface area contributed by atoms with Crippen LogP contribution in [0.1, 0.15) is 27.0 Å². The number of carbonyl (C=O) groups is 1. The average molecular weight is 399 g/mol. The van der Waals surface area contributed by atoms with Crippen molar-refractivity contribution in [3.63, 3.8) is 0 Å². The first kappa shape index (κ1) is 19.5. The molecule has 1 aromatic heterocycles. The van der Waals surface area contributed by atoms with Crippen molar-refractivity contribution in [1.82, 2.24) is 20.5 Å². The van der Waals surface area contributed by atoms with Crippen LogP contribution in [0, 0.1) is 6.92 Å². The lowest BCUT2D eigenvalue weighted by Gasteiger charge is -2.07. The fourth-order valence-corrected chi connectivity index (χ4v) is 3.93. The van der Waals surface area contributed by atoms with Gasteiger partial charge in [-0.05, 0) is 30.2 Å². The SMILES string of the molecule is Cc1ccc(CSCCNC(=O)c2ccc(CSc3ncn[nH]3)cc2)cc1. The molecule has 0 radical (unpaired) electrons. The summed E-state index contributed by atoms with van der Waals surface area (Å²) in [6, 6.07) is 16.3. The molecule has 2 aromatic carbocycles. The Hall–Kier alpha value is -2.25. The first-order valence-corrected chi connectivity index (χ1v) is 10.8. The molecule has 0 unspecified atom stereocenters. The summed E-state index contributed by atoms with van der Waals surface area (Å²) in [5.74, 6) is 2.62. The second-order valence-corrected chi connectivity index (χ2v) is 8.14. The number of rotatable bonds is 9. The number of H-pyrrole nitrogens is 1. The summed E-state index contributed by atoms with van der Waals surface area (Å²) in [7, 11) is 0. The van der Waals surface area contributed by atoms with Gasteiger partial charge in [-0.1, -0.05) is 53.7 Å². The van der Waals surface area contributed by atoms with E-state index in [1.54, 1.807) is 11.8 Å². The standard InChI is InChI=1S/C20H22N4OS2/c1-15-2-4-16(5-3-15)12-26-11-10-21-19(25)18-8-6-17(7-9-18)13-27-20-22-14-23-24-20/h2-9,14H,10-13H2,1H3,(H,21,25)(H,22,23,24). The highest BCUT2D eigenvalue weighted by Gasteiger charge is 2.05. The number of carbonyl (C=O) groups excluding carboxylic acids is 1. The third kappa shape index (κ3) is 6.45. The van der Waals surface area contributed by atoms with E-state index in [9.17, 15) is 4.79 Å². The largest absolute Gasteiger partial charge is 0.351 e. The molecule has 1 heterocycles. The van der Waals surface area contributed by atoms with Crippen LogP contribution in [0.5, 0.6) is 0 Å². The quantitative estimate of drug-likeness (QED) is 0.420. The third-order valence-corrected chi connectivity index (χ3v) is 5.88. The van der Waals surface area contributed by atoms with Gasteiger partial charge in [0.25, 0.3) is 5.91 Å². The fourth-order valence-electron chi connectivity index (χ4n) is 2.38. The summed E-state index contributed by atoms with van der Waals surface area (Å²) in [4.78, 5) is 16.3. The van der Waals surface area contributed by atoms with Gasteiger partial charge in [0.05, 0.1) is 0 Å². The average Bonchev–Trinajstić information content (AvgIpc) is 3.21. The number of benzene rings is 2. The van der Waals surface area contributed by atoms with Crippen molar-refractivity contribution in [3.05, 3.63) is 77.1 Å². The minimum atomic E-state index is -0.0274. The molecule has 1 amide bonds. The highest BCUT2D eigenvalue weighted by molar-refractivity contribution is 7.98. The Morgan fingerprint density at radius 2 is 1.74 bits per heavy atom. The predicted molar refractivity (Wildman–Crippen MR) is 112 cm³/mol. The lowest BCUT2D eigenvalue weighted by molar-refractivity contribution is 0.0956. The summed E-state index contributed by atoms with van der Waals surface area (Å²) in [5, 5.41) is 10.4. The lowest BCUT2D eigenvalue weighted by atomic mass is 10.1. The highest BCUT2D eigenvalue weighted by atomic mass is 32.2. The Bertz CT molecular complexity index is 833. The first-order valence-electron chi connectivity index (χ1n) is 8.69. The highest BCUT2D eigenvalue weighted by Crippen LogP contribution is 2.18. The number of thioether (sulfide) groups is 2. The Labute approximate surface area is 167 Å². The van der Waals surface area contributed by atoms with Crippen molar-refractivity contribution in [1.29, 1.82) is 0 Å². The molecule has 0 atom stereocenters. The van der Waals surface area contributed by atoms with Crippen molar-refractivity contribution in [3.8, 4) is 0 Å². The van der Waals surface area contributed by atoms with Gasteiger partial charge in [0.15, 0.2) is 5.16 Å². The van der Waals surface area contributed by atoms with E-state index in [2.05, 4.69) is 51.7 Å². The van der Waals surface area contributed by atoms with Gasteiger partial charge in [-0.25, -0.2) is 4.98 Å². The molecule has 7 heteroatoms. The molecule has 5 nitrogen and oxygen atoms in total. The summed E-state index contributed by atoms with van der Waals surface area (Å²) in [6.07, 6.45) is 1.49. The lowest BCUT2D eigenvalue weighted by Crippen LogP contribution is -2.25. The molecule has 3 aromatic rings. The Kier molecular flexibility index (Phi) is 7.36. The van der Waals surface area contributed by atoms with Gasteiger partial charge in [-0.15, -0.1) is 0 Å². The molecule has 0 saturated heterocycles. The van der Waals surface area contributed by atoms with Crippen LogP contribution in [0.25, 0.3) is 0 Å². The van der Waals surface area contributed by atoms with Crippen molar-refractivity contribution in [2.75, 3.05) is 12.3 Å². The van der Waals surface area contributed by atoms with Gasteiger partial charge in [0.2, 0.25) is 0 Å². The predicted octanol–water partition coefficient (Wildman–Crippen LogP) is 4.07. The Balaban J connectivity index is 1.35. The maximum absolute atomic E-state index is 12.2. The van der Waals surface area contributed by atoms with Gasteiger partial charge >= 0.3 is 0 Å². The number of hydrogen-bond acceptors (Lipinski definition) is 5. The molecular formula is C20H22N4OS2. The van der Waals surface area contributed by atoms with E-state index < -0.39 is 0 Å². The smallest absolute Gasteiger partial charge is 0.251 e. The van der Waals surface area contributed by atoms with Crippen LogP contribution >= 0.6 is 23.5 Å². The molecule has 0 aliphatic rings. The van der Waals surface area contributed by atoms with Gasteiger partial charge in [-0.3, -0.25) is 9.89 Å². The van der Waals surface area contributed by atoms with Crippen LogP contribution in [0.3, 0.4) is 0 Å². The topological polar surface area (TPSA) is 70.7 Å². The number of aromatic nitrogens is 3. The number of amides is 1. The van der Waals surface area contributed by atoms with E-state index in [1.807, 2.05) is 36.0 Å². The molecule has 140 valence electrons. The third-order valence-electron chi connectivity index (χ3n) is 3.91. The van der Waals surface area contributed by atoms with Gasteiger partial charge in [0.1, 0.15) is 6.33 Å². The van der Waals surface area contributed by atoms with E-state index in [-0.39, 0.29) is 5.91 Å². The molecule has 0 saturated carbocycles. The van der Waals surface area contributed by atoms with Gasteiger partial charge in [-0.2, -0.15) is 16.9 Å². The number of hydrogen-bond donors (Lipinski definition) is 2. The van der Waals surface area contributed by atoms with Crippen LogP contribution < -0.4 is 5.32 Å². The maximum Gasteiger partial charge on any atom is 0.251 e. The van der Waals surface area contributed by atoms with Gasteiger partial charge in [0, 0.05) is 29.4 Å². The van der Waals surface area contributed by atoms with Crippen molar-refractivity contribution in [2.45, 2.75) is 23.6 Å². The van der Waals surface area contributed by atoms with Crippen LogP contribution in [-0.4, -0.2) is 33.4 Å². The molecule has 0 bridgehead atoms. The first-order chi connectivity index (χ1) is 13.2. The molecule has 0 aliphatic heterocycles. The van der Waals surface area contributed by atoms with Crippen LogP contribution in [0.2, 0.25) is 0 Å². The molecular weight excluding hydrogens is 376 g/mol. The van der Waals surface area contributed by atoms with Crippen molar-refractivity contribution >= 4 is 29.4 Å². The molecule has 2 N–H and O–H groups in total. The zero-order chi connectivity index (χ0) is 18.9. The minimum Gasteiger partial charge on any atom is -0.351 e. The van der Waals surface area contributed by atoms with Crippen molar-refractivity contribution in [2.24, 2.45) is 0 Å². The van der Waals surface area contributed by atoms with Crippen LogP contribution in [0.4, 0.5) is 0 Å². The van der Waals surface area contributed by atoms with Crippen LogP contribution in [0.15, 0.2) is 60.0 Å². The number of nitrogens with zero attached hydrogens (tertiary/aromatic N) is 2. The maximum atomic E-state index is 12.2. The Morgan fingerprint density at radius 3 is 2.44 bits per heavy atom. The zero-order valence-corrected chi connectivity index (χ0v) is 16.8. The molecule has 0 aliphatic carbocycles. The zero-order valence-electron chi connectivity index (χ0n) is 15.1. The second-order valence-electron chi connectivity index (χ2n) is 6.07. The number of aryl methyl sites for hydroxylation is 1. The van der Waals surface area contributed by atoms with Crippen LogP contribution in [-0.2, 0) is 11.5 Å². The monoisotopic (exact) mass is 398 g/mol. The Morgan fingerprint density at radius 1 is 1.04 bits per heavy atom. The summed E-state index contributed by atoms with van der Waals surface area (Å²) < 4.78 is 0. The molecule has 0 spiro atoms. The second kappa shape index (κ2) is 10.2. The molecule has 3 rings (SSSR count). The van der Waals surface area contributed by atoms with Gasteiger partial charge < -0.3 is 5.32 Å². The van der Waals surface area contributed by atoms with E-state index in [0.717, 1.165) is 28.0 Å². The van der Waals surface area contributed by atoms with E-state index >= 15 is 0 Å². The van der Waals surface area contributed by atoms with Crippen molar-refractivity contribution < 1.29 is 4.79 Å². The summed E-state index contributed by atoms with van der Waals surface area (Å²) in [6.45, 7) is 2.76. The number of nitrogens with one attached hydrogen (secondary N) is 2. The molecule has 27 heavy (non-hydrogen) atoms. The van der Waals surface area contributed by atoms with E-state index in [4.69, 9.17) is 0 Å². The van der Waals surface area contributed by atoms with E-state index in [1.165, 1.54) is 17.5 Å². The molecule has 0 fully saturated rings. The number of aromatic amines is 1. The minimum absolute atomic E-state index is 0.0274. The summed E-state index contributed by atoms with van der Waals surface area (Å²) in [5.41, 5.74) is 4.42. The van der Waals surface area contributed by atoms with E-state index in [0.29, 0.717) is 12.1 Å². The fraction of sp³-hybridized carbons (Fsp3) is 0.250. The normalized spacial score (nSPS) is 10.7. The summed E-state index contributed by atoms with van der Waals surface area (Å²) >= 11 is 3.41.